The normalized spacial score (nSPS) is 25.0. The zero-order valence-electron chi connectivity index (χ0n) is 16.0. The quantitative estimate of drug-likeness (QED) is 0.824. The highest BCUT2D eigenvalue weighted by molar-refractivity contribution is 5.86. The zero-order valence-corrected chi connectivity index (χ0v) is 16.0. The van der Waals surface area contributed by atoms with E-state index in [0.29, 0.717) is 37.6 Å². The Morgan fingerprint density at radius 3 is 2.85 bits per heavy atom. The van der Waals surface area contributed by atoms with Gasteiger partial charge in [0.2, 0.25) is 0 Å². The fraction of sp³-hybridized carbons (Fsp3) is 0.650. The van der Waals surface area contributed by atoms with Gasteiger partial charge in [-0.25, -0.2) is 4.39 Å². The minimum absolute atomic E-state index is 0.0841. The lowest BCUT2D eigenvalue weighted by Gasteiger charge is -2.43. The van der Waals surface area contributed by atoms with Gasteiger partial charge < -0.3 is 14.4 Å². The Morgan fingerprint density at radius 2 is 2.12 bits per heavy atom. The lowest BCUT2D eigenvalue weighted by atomic mass is 9.93. The molecule has 5 nitrogen and oxygen atoms in total. The van der Waals surface area contributed by atoms with Crippen molar-refractivity contribution in [2.45, 2.75) is 51.3 Å². The average Bonchev–Trinajstić information content (AvgIpc) is 2.77. The number of hydrogen-bond acceptors (Lipinski definition) is 4. The third-order valence-electron chi connectivity index (χ3n) is 5.42. The van der Waals surface area contributed by atoms with Crippen LogP contribution in [0, 0.1) is 5.82 Å². The summed E-state index contributed by atoms with van der Waals surface area (Å²) in [6, 6.07) is 4.94. The van der Waals surface area contributed by atoms with E-state index in [1.54, 1.807) is 19.2 Å². The van der Waals surface area contributed by atoms with Gasteiger partial charge in [0, 0.05) is 37.8 Å². The lowest BCUT2D eigenvalue weighted by Crippen LogP contribution is -2.60. The van der Waals surface area contributed by atoms with E-state index in [0.717, 1.165) is 25.8 Å². The maximum atomic E-state index is 14.2. The van der Waals surface area contributed by atoms with E-state index in [1.807, 2.05) is 18.7 Å². The molecule has 1 amide bonds. The number of carbonyl (C=O) groups is 1. The van der Waals surface area contributed by atoms with Crippen LogP contribution < -0.4 is 4.74 Å². The van der Waals surface area contributed by atoms with Crippen LogP contribution in [0.15, 0.2) is 18.2 Å². The third-order valence-corrected chi connectivity index (χ3v) is 5.42. The Kier molecular flexibility index (Phi) is 5.82. The van der Waals surface area contributed by atoms with Gasteiger partial charge in [-0.1, -0.05) is 0 Å². The van der Waals surface area contributed by atoms with Crippen LogP contribution in [0.1, 0.15) is 38.7 Å². The van der Waals surface area contributed by atoms with Gasteiger partial charge in [0.25, 0.3) is 5.91 Å². The average molecular weight is 364 g/mol. The second-order valence-corrected chi connectivity index (χ2v) is 7.56. The summed E-state index contributed by atoms with van der Waals surface area (Å²) >= 11 is 0. The van der Waals surface area contributed by atoms with Crippen LogP contribution >= 0.6 is 0 Å². The molecule has 0 N–H and O–H groups in total. The van der Waals surface area contributed by atoms with Gasteiger partial charge in [0.1, 0.15) is 11.6 Å². The molecule has 26 heavy (non-hydrogen) atoms. The highest BCUT2D eigenvalue weighted by Gasteiger charge is 2.47. The summed E-state index contributed by atoms with van der Waals surface area (Å²) in [7, 11) is 1.57. The summed E-state index contributed by atoms with van der Waals surface area (Å²) in [6.45, 7) is 7.00. The van der Waals surface area contributed by atoms with Crippen molar-refractivity contribution in [3.05, 3.63) is 29.6 Å². The highest BCUT2D eigenvalue weighted by Crippen LogP contribution is 2.31. The molecule has 0 bridgehead atoms. The first-order chi connectivity index (χ1) is 12.4. The number of benzene rings is 1. The molecule has 1 aromatic rings. The standard InChI is InChI=1S/C20H29FN2O3/c1-15(2)23-9-5-4-8-20(19(23)24)14-22(10-11-26-20)13-16-12-17(25-3)6-7-18(16)21/h6-7,12,15H,4-5,8-11,13-14H2,1-3H3. The first-order valence-electron chi connectivity index (χ1n) is 9.45. The van der Waals surface area contributed by atoms with Gasteiger partial charge in [0.15, 0.2) is 5.60 Å². The van der Waals surface area contributed by atoms with E-state index in [2.05, 4.69) is 4.90 Å². The monoisotopic (exact) mass is 364 g/mol. The number of methoxy groups -OCH3 is 1. The van der Waals surface area contributed by atoms with E-state index in [9.17, 15) is 9.18 Å². The summed E-state index contributed by atoms with van der Waals surface area (Å²) in [5, 5.41) is 0. The van der Waals surface area contributed by atoms with Crippen LogP contribution in [-0.4, -0.2) is 60.7 Å². The van der Waals surface area contributed by atoms with Crippen LogP contribution in [0.2, 0.25) is 0 Å². The molecule has 6 heteroatoms. The maximum Gasteiger partial charge on any atom is 0.256 e. The molecule has 1 aromatic carbocycles. The van der Waals surface area contributed by atoms with E-state index in [1.165, 1.54) is 6.07 Å². The number of rotatable bonds is 4. The molecular formula is C20H29FN2O3. The van der Waals surface area contributed by atoms with Crippen molar-refractivity contribution < 1.29 is 18.7 Å². The summed E-state index contributed by atoms with van der Waals surface area (Å²) in [6.07, 6.45) is 2.70. The Bertz CT molecular complexity index is 652. The molecule has 2 aliphatic rings. The van der Waals surface area contributed by atoms with Crippen molar-refractivity contribution in [1.82, 2.24) is 9.80 Å². The second-order valence-electron chi connectivity index (χ2n) is 7.56. The number of carbonyl (C=O) groups excluding carboxylic acids is 1. The number of ether oxygens (including phenoxy) is 2. The molecular weight excluding hydrogens is 335 g/mol. The molecule has 0 saturated carbocycles. The Morgan fingerprint density at radius 1 is 1.31 bits per heavy atom. The van der Waals surface area contributed by atoms with E-state index < -0.39 is 5.60 Å². The fourth-order valence-corrected chi connectivity index (χ4v) is 3.97. The van der Waals surface area contributed by atoms with Gasteiger partial charge in [-0.05, 0) is 51.3 Å². The van der Waals surface area contributed by atoms with Crippen molar-refractivity contribution in [1.29, 1.82) is 0 Å². The zero-order chi connectivity index (χ0) is 18.7. The molecule has 1 unspecified atom stereocenters. The van der Waals surface area contributed by atoms with Crippen LogP contribution in [-0.2, 0) is 16.1 Å². The van der Waals surface area contributed by atoms with Gasteiger partial charge in [0.05, 0.1) is 13.7 Å². The Balaban J connectivity index is 1.79. The summed E-state index contributed by atoms with van der Waals surface area (Å²) in [5.74, 6) is 0.476. The van der Waals surface area contributed by atoms with Crippen molar-refractivity contribution >= 4 is 5.91 Å². The van der Waals surface area contributed by atoms with Crippen molar-refractivity contribution in [3.8, 4) is 5.75 Å². The van der Waals surface area contributed by atoms with Crippen LogP contribution in [0.4, 0.5) is 4.39 Å². The van der Waals surface area contributed by atoms with Crippen LogP contribution in [0.25, 0.3) is 0 Å². The summed E-state index contributed by atoms with van der Waals surface area (Å²) < 4.78 is 25.5. The Hall–Kier alpha value is -1.66. The fourth-order valence-electron chi connectivity index (χ4n) is 3.97. The van der Waals surface area contributed by atoms with E-state index in [4.69, 9.17) is 9.47 Å². The molecule has 0 aliphatic carbocycles. The predicted octanol–water partition coefficient (Wildman–Crippen LogP) is 2.83. The number of amides is 1. The highest BCUT2D eigenvalue weighted by atomic mass is 19.1. The largest absolute Gasteiger partial charge is 0.497 e. The van der Waals surface area contributed by atoms with Crippen LogP contribution in [0.5, 0.6) is 5.75 Å². The molecule has 1 spiro atoms. The van der Waals surface area contributed by atoms with Crippen molar-refractivity contribution in [2.24, 2.45) is 0 Å². The minimum Gasteiger partial charge on any atom is -0.497 e. The number of halogens is 1. The summed E-state index contributed by atoms with van der Waals surface area (Å²) in [5.41, 5.74) is -0.211. The molecule has 0 aromatic heterocycles. The Labute approximate surface area is 155 Å². The first kappa shape index (κ1) is 19.1. The van der Waals surface area contributed by atoms with Gasteiger partial charge in [-0.3, -0.25) is 9.69 Å². The predicted molar refractivity (Wildman–Crippen MR) is 97.6 cm³/mol. The van der Waals surface area contributed by atoms with Gasteiger partial charge >= 0.3 is 0 Å². The molecule has 0 radical (unpaired) electrons. The maximum absolute atomic E-state index is 14.2. The SMILES string of the molecule is COc1ccc(F)c(CN2CCOC3(CCCCN(C(C)C)C3=O)C2)c1. The molecule has 1 atom stereocenters. The second kappa shape index (κ2) is 7.92. The minimum atomic E-state index is -0.797. The number of hydrogen-bond donors (Lipinski definition) is 0. The molecule has 2 fully saturated rings. The molecule has 144 valence electrons. The number of morpholine rings is 1. The topological polar surface area (TPSA) is 42.0 Å². The van der Waals surface area contributed by atoms with E-state index >= 15 is 0 Å². The van der Waals surface area contributed by atoms with Crippen LogP contribution in [0.3, 0.4) is 0 Å². The number of likely N-dealkylation sites (tertiary alicyclic amines) is 1. The van der Waals surface area contributed by atoms with E-state index in [-0.39, 0.29) is 17.8 Å². The molecule has 3 rings (SSSR count). The van der Waals surface area contributed by atoms with Gasteiger partial charge in [-0.2, -0.15) is 0 Å². The number of nitrogens with zero attached hydrogens (tertiary/aromatic N) is 2. The van der Waals surface area contributed by atoms with Crippen molar-refractivity contribution in [2.75, 3.05) is 33.4 Å². The molecule has 2 saturated heterocycles. The lowest BCUT2D eigenvalue weighted by molar-refractivity contribution is -0.172. The molecule has 2 aliphatic heterocycles. The third kappa shape index (κ3) is 3.86. The molecule has 2 heterocycles. The first-order valence-corrected chi connectivity index (χ1v) is 9.45. The van der Waals surface area contributed by atoms with Gasteiger partial charge in [-0.15, -0.1) is 0 Å². The van der Waals surface area contributed by atoms with Crippen molar-refractivity contribution in [3.63, 3.8) is 0 Å². The smallest absolute Gasteiger partial charge is 0.256 e. The summed E-state index contributed by atoms with van der Waals surface area (Å²) in [4.78, 5) is 17.3.